The van der Waals surface area contributed by atoms with Gasteiger partial charge in [0.25, 0.3) is 0 Å². The third-order valence-electron chi connectivity index (χ3n) is 2.31. The van der Waals surface area contributed by atoms with E-state index in [1.165, 1.54) is 6.20 Å². The Labute approximate surface area is 120 Å². The number of amides is 2. The van der Waals surface area contributed by atoms with Crippen LogP contribution in [0.4, 0.5) is 10.6 Å². The van der Waals surface area contributed by atoms with Crippen LogP contribution in [0.5, 0.6) is 0 Å². The molecule has 2 rings (SSSR count). The van der Waals surface area contributed by atoms with E-state index in [1.807, 2.05) is 12.1 Å². The highest BCUT2D eigenvalue weighted by Crippen LogP contribution is 2.11. The Morgan fingerprint density at radius 2 is 2.00 bits per heavy atom. The number of hydrogen-bond donors (Lipinski definition) is 2. The number of halogens is 2. The highest BCUT2D eigenvalue weighted by Gasteiger charge is 2.02. The van der Waals surface area contributed by atoms with Crippen molar-refractivity contribution in [2.75, 3.05) is 5.32 Å². The summed E-state index contributed by atoms with van der Waals surface area (Å²) in [5.41, 5.74) is 0.923. The molecule has 0 spiro atoms. The molecule has 0 aliphatic carbocycles. The van der Waals surface area contributed by atoms with E-state index >= 15 is 0 Å². The van der Waals surface area contributed by atoms with Gasteiger partial charge in [0.15, 0.2) is 0 Å². The number of urea groups is 1. The van der Waals surface area contributed by atoms with Gasteiger partial charge in [0.2, 0.25) is 0 Å². The molecule has 4 nitrogen and oxygen atoms in total. The molecule has 2 amide bonds. The van der Waals surface area contributed by atoms with Crippen molar-refractivity contribution in [3.05, 3.63) is 58.2 Å². The second-order valence-electron chi connectivity index (χ2n) is 3.80. The van der Waals surface area contributed by atoms with Crippen molar-refractivity contribution in [1.82, 2.24) is 10.3 Å². The van der Waals surface area contributed by atoms with Crippen molar-refractivity contribution >= 4 is 35.1 Å². The molecule has 0 bridgehead atoms. The maximum Gasteiger partial charge on any atom is 0.320 e. The fourth-order valence-electron chi connectivity index (χ4n) is 1.44. The van der Waals surface area contributed by atoms with Crippen molar-refractivity contribution in [1.29, 1.82) is 0 Å². The van der Waals surface area contributed by atoms with E-state index in [1.54, 1.807) is 24.3 Å². The molecule has 1 aromatic carbocycles. The largest absolute Gasteiger partial charge is 0.334 e. The SMILES string of the molecule is O=C(NCc1cccc(Cl)c1)Nc1ccc(Cl)cn1. The summed E-state index contributed by atoms with van der Waals surface area (Å²) < 4.78 is 0. The minimum absolute atomic E-state index is 0.338. The van der Waals surface area contributed by atoms with Gasteiger partial charge in [-0.05, 0) is 29.8 Å². The lowest BCUT2D eigenvalue weighted by atomic mass is 10.2. The molecular weight excluding hydrogens is 285 g/mol. The number of pyridine rings is 1. The normalized spacial score (nSPS) is 10.0. The van der Waals surface area contributed by atoms with Gasteiger partial charge in [-0.3, -0.25) is 5.32 Å². The molecule has 1 heterocycles. The molecule has 0 radical (unpaired) electrons. The number of anilines is 1. The van der Waals surface area contributed by atoms with Gasteiger partial charge in [-0.2, -0.15) is 0 Å². The minimum atomic E-state index is -0.338. The van der Waals surface area contributed by atoms with Crippen molar-refractivity contribution < 1.29 is 4.79 Å². The minimum Gasteiger partial charge on any atom is -0.334 e. The number of nitrogens with zero attached hydrogens (tertiary/aromatic N) is 1. The Morgan fingerprint density at radius 3 is 2.68 bits per heavy atom. The maximum atomic E-state index is 11.6. The lowest BCUT2D eigenvalue weighted by molar-refractivity contribution is 0.251. The van der Waals surface area contributed by atoms with Crippen LogP contribution in [-0.2, 0) is 6.54 Å². The topological polar surface area (TPSA) is 54.0 Å². The Bertz CT molecular complexity index is 572. The van der Waals surface area contributed by atoms with Crippen molar-refractivity contribution in [3.63, 3.8) is 0 Å². The summed E-state index contributed by atoms with van der Waals surface area (Å²) in [6, 6.07) is 10.2. The standard InChI is InChI=1S/C13H11Cl2N3O/c14-10-3-1-2-9(6-10)7-17-13(19)18-12-5-4-11(15)8-16-12/h1-6,8H,7H2,(H2,16,17,18,19). The van der Waals surface area contributed by atoms with Crippen molar-refractivity contribution in [3.8, 4) is 0 Å². The predicted octanol–water partition coefficient (Wildman–Crippen LogP) is 3.71. The molecule has 6 heteroatoms. The zero-order valence-electron chi connectivity index (χ0n) is 9.86. The first-order chi connectivity index (χ1) is 9.13. The van der Waals surface area contributed by atoms with Crippen LogP contribution in [0.25, 0.3) is 0 Å². The Kier molecular flexibility index (Phi) is 4.60. The van der Waals surface area contributed by atoms with Gasteiger partial charge in [-0.15, -0.1) is 0 Å². The smallest absolute Gasteiger partial charge is 0.320 e. The number of carbonyl (C=O) groups excluding carboxylic acids is 1. The Morgan fingerprint density at radius 1 is 1.16 bits per heavy atom. The second-order valence-corrected chi connectivity index (χ2v) is 4.67. The zero-order valence-corrected chi connectivity index (χ0v) is 11.4. The summed E-state index contributed by atoms with van der Waals surface area (Å²) >= 11 is 11.6. The second kappa shape index (κ2) is 6.41. The molecule has 2 N–H and O–H groups in total. The average molecular weight is 296 g/mol. The van der Waals surface area contributed by atoms with Crippen LogP contribution in [0.15, 0.2) is 42.6 Å². The molecule has 0 fully saturated rings. The third kappa shape index (κ3) is 4.43. The third-order valence-corrected chi connectivity index (χ3v) is 2.77. The van der Waals surface area contributed by atoms with Crippen LogP contribution in [-0.4, -0.2) is 11.0 Å². The summed E-state index contributed by atoms with van der Waals surface area (Å²) in [7, 11) is 0. The molecule has 2 aromatic rings. The van der Waals surface area contributed by atoms with E-state index in [-0.39, 0.29) is 6.03 Å². The van der Waals surface area contributed by atoms with Crippen LogP contribution < -0.4 is 10.6 Å². The van der Waals surface area contributed by atoms with Crippen LogP contribution in [0.1, 0.15) is 5.56 Å². The number of benzene rings is 1. The summed E-state index contributed by atoms with van der Waals surface area (Å²) in [5.74, 6) is 0.438. The van der Waals surface area contributed by atoms with Gasteiger partial charge in [0.1, 0.15) is 5.82 Å². The molecule has 0 aliphatic rings. The lowest BCUT2D eigenvalue weighted by Gasteiger charge is -2.07. The molecule has 0 aliphatic heterocycles. The van der Waals surface area contributed by atoms with Gasteiger partial charge in [0.05, 0.1) is 5.02 Å². The first kappa shape index (κ1) is 13.6. The van der Waals surface area contributed by atoms with Crippen LogP contribution >= 0.6 is 23.2 Å². The quantitative estimate of drug-likeness (QED) is 0.907. The summed E-state index contributed by atoms with van der Waals surface area (Å²) in [6.07, 6.45) is 1.47. The van der Waals surface area contributed by atoms with Gasteiger partial charge < -0.3 is 5.32 Å². The molecule has 0 unspecified atom stereocenters. The maximum absolute atomic E-state index is 11.6. The van der Waals surface area contributed by atoms with Crippen molar-refractivity contribution in [2.24, 2.45) is 0 Å². The monoisotopic (exact) mass is 295 g/mol. The molecule has 0 atom stereocenters. The number of aromatic nitrogens is 1. The average Bonchev–Trinajstić information content (AvgIpc) is 2.39. The highest BCUT2D eigenvalue weighted by atomic mass is 35.5. The molecule has 19 heavy (non-hydrogen) atoms. The lowest BCUT2D eigenvalue weighted by Crippen LogP contribution is -2.28. The number of hydrogen-bond acceptors (Lipinski definition) is 2. The van der Waals surface area contributed by atoms with E-state index in [0.29, 0.717) is 22.4 Å². The zero-order chi connectivity index (χ0) is 13.7. The fourth-order valence-corrected chi connectivity index (χ4v) is 1.76. The first-order valence-electron chi connectivity index (χ1n) is 5.54. The van der Waals surface area contributed by atoms with E-state index < -0.39 is 0 Å². The predicted molar refractivity (Wildman–Crippen MR) is 76.6 cm³/mol. The van der Waals surface area contributed by atoms with Crippen LogP contribution in [0, 0.1) is 0 Å². The van der Waals surface area contributed by atoms with Crippen molar-refractivity contribution in [2.45, 2.75) is 6.54 Å². The first-order valence-corrected chi connectivity index (χ1v) is 6.30. The van der Waals surface area contributed by atoms with Crippen LogP contribution in [0.3, 0.4) is 0 Å². The Hall–Kier alpha value is -1.78. The Balaban J connectivity index is 1.86. The molecular formula is C13H11Cl2N3O. The molecule has 0 saturated heterocycles. The van der Waals surface area contributed by atoms with Gasteiger partial charge in [0, 0.05) is 17.8 Å². The summed E-state index contributed by atoms with van der Waals surface area (Å²) in [4.78, 5) is 15.6. The highest BCUT2D eigenvalue weighted by molar-refractivity contribution is 6.30. The molecule has 98 valence electrons. The van der Waals surface area contributed by atoms with E-state index in [9.17, 15) is 4.79 Å². The van der Waals surface area contributed by atoms with E-state index in [2.05, 4.69) is 15.6 Å². The van der Waals surface area contributed by atoms with Gasteiger partial charge in [-0.1, -0.05) is 35.3 Å². The van der Waals surface area contributed by atoms with Crippen LogP contribution in [0.2, 0.25) is 10.0 Å². The van der Waals surface area contributed by atoms with E-state index in [0.717, 1.165) is 5.56 Å². The number of rotatable bonds is 3. The number of nitrogens with one attached hydrogen (secondary N) is 2. The summed E-state index contributed by atoms with van der Waals surface area (Å²) in [6.45, 7) is 0.389. The van der Waals surface area contributed by atoms with Gasteiger partial charge >= 0.3 is 6.03 Å². The molecule has 1 aromatic heterocycles. The van der Waals surface area contributed by atoms with E-state index in [4.69, 9.17) is 23.2 Å². The van der Waals surface area contributed by atoms with Gasteiger partial charge in [-0.25, -0.2) is 9.78 Å². The molecule has 0 saturated carbocycles. The number of carbonyl (C=O) groups is 1. The summed E-state index contributed by atoms with van der Waals surface area (Å²) in [5, 5.41) is 6.47. The fraction of sp³-hybridized carbons (Fsp3) is 0.0769.